The molecule has 0 aliphatic carbocycles. The van der Waals surface area contributed by atoms with Crippen molar-refractivity contribution in [2.75, 3.05) is 27.8 Å². The first-order valence-electron chi connectivity index (χ1n) is 17.1. The molecule has 9 nitrogen and oxygen atoms in total. The molecule has 9 heteroatoms. The van der Waals surface area contributed by atoms with Crippen LogP contribution in [-0.4, -0.2) is 91.5 Å². The van der Waals surface area contributed by atoms with Crippen molar-refractivity contribution in [2.45, 2.75) is 124 Å². The van der Waals surface area contributed by atoms with Crippen LogP contribution >= 0.6 is 0 Å². The average molecular weight is 644 g/mol. The number of likely N-dealkylation sites (tertiary alicyclic amines) is 1. The Kier molecular flexibility index (Phi) is 15.4. The summed E-state index contributed by atoms with van der Waals surface area (Å²) in [5.74, 6) is -0.603. The van der Waals surface area contributed by atoms with E-state index < -0.39 is 29.6 Å². The molecule has 1 aliphatic rings. The van der Waals surface area contributed by atoms with Crippen LogP contribution in [0.1, 0.15) is 93.1 Å². The number of ketones is 1. The molecule has 1 N–H and O–H groups in total. The van der Waals surface area contributed by atoms with Crippen LogP contribution in [0.25, 0.3) is 0 Å². The van der Waals surface area contributed by atoms with Crippen LogP contribution in [0.3, 0.4) is 0 Å². The number of likely N-dealkylation sites (N-methyl/N-ethyl adjacent to an activating group) is 1. The summed E-state index contributed by atoms with van der Waals surface area (Å²) < 4.78 is 11.9. The lowest BCUT2D eigenvalue weighted by Gasteiger charge is -2.39. The van der Waals surface area contributed by atoms with Crippen LogP contribution in [0.2, 0.25) is 0 Å². The van der Waals surface area contributed by atoms with E-state index in [-0.39, 0.29) is 53.8 Å². The van der Waals surface area contributed by atoms with E-state index in [0.717, 1.165) is 18.4 Å². The van der Waals surface area contributed by atoms with Crippen molar-refractivity contribution in [3.8, 4) is 0 Å². The topological polar surface area (TPSA) is 105 Å². The molecule has 1 aliphatic heterocycles. The molecule has 1 aromatic rings. The number of carbonyl (C=O) groups is 4. The molecular weight excluding hydrogens is 582 g/mol. The van der Waals surface area contributed by atoms with Crippen molar-refractivity contribution < 1.29 is 28.7 Å². The van der Waals surface area contributed by atoms with Gasteiger partial charge >= 0.3 is 0 Å². The normalized spacial score (nSPS) is 19.2. The second-order valence-electron chi connectivity index (χ2n) is 14.6. The monoisotopic (exact) mass is 643 g/mol. The van der Waals surface area contributed by atoms with Crippen molar-refractivity contribution >= 4 is 23.5 Å². The fourth-order valence-electron chi connectivity index (χ4n) is 6.70. The molecule has 0 radical (unpaired) electrons. The van der Waals surface area contributed by atoms with Gasteiger partial charge in [-0.25, -0.2) is 0 Å². The highest BCUT2D eigenvalue weighted by Gasteiger charge is 2.42. The number of ether oxygens (including phenoxy) is 2. The first-order chi connectivity index (χ1) is 21.6. The summed E-state index contributed by atoms with van der Waals surface area (Å²) in [6.45, 7) is 16.2. The minimum Gasteiger partial charge on any atom is -0.379 e. The van der Waals surface area contributed by atoms with Gasteiger partial charge in [0.25, 0.3) is 0 Å². The second kappa shape index (κ2) is 17.9. The Hall–Kier alpha value is -2.78. The van der Waals surface area contributed by atoms with Gasteiger partial charge in [-0.3, -0.25) is 19.2 Å². The first-order valence-corrected chi connectivity index (χ1v) is 17.1. The van der Waals surface area contributed by atoms with E-state index >= 15 is 0 Å². The lowest BCUT2D eigenvalue weighted by atomic mass is 9.83. The molecule has 1 fully saturated rings. The van der Waals surface area contributed by atoms with E-state index in [2.05, 4.69) is 19.2 Å². The summed E-state index contributed by atoms with van der Waals surface area (Å²) in [4.78, 5) is 57.8. The molecular formula is C37H61N3O6. The van der Waals surface area contributed by atoms with Gasteiger partial charge in [-0.1, -0.05) is 92.1 Å². The third-order valence-corrected chi connectivity index (χ3v) is 9.54. The molecule has 2 rings (SSSR count). The van der Waals surface area contributed by atoms with Crippen LogP contribution in [0.15, 0.2) is 30.3 Å². The summed E-state index contributed by atoms with van der Waals surface area (Å²) in [5, 5.41) is 3.04. The maximum absolute atomic E-state index is 13.9. The highest BCUT2D eigenvalue weighted by Crippen LogP contribution is 2.30. The summed E-state index contributed by atoms with van der Waals surface area (Å²) in [7, 11) is 4.99. The SMILES string of the molecule is CCC(C)C(C(CC(=O)N1CCCC1C(OC)C(C)C(=O)NC(Cc1ccccc1)C(=O)C(C)(C)C)OC)N(C)C(=O)CC(C)C. The van der Waals surface area contributed by atoms with E-state index in [0.29, 0.717) is 25.8 Å². The Bertz CT molecular complexity index is 1130. The van der Waals surface area contributed by atoms with Gasteiger partial charge in [0.1, 0.15) is 0 Å². The minimum absolute atomic E-state index is 0.0400. The fourth-order valence-corrected chi connectivity index (χ4v) is 6.70. The predicted molar refractivity (Wildman–Crippen MR) is 182 cm³/mol. The quantitative estimate of drug-likeness (QED) is 0.247. The summed E-state index contributed by atoms with van der Waals surface area (Å²) in [6.07, 6.45) is 2.25. The number of Topliss-reactive ketones (excluding diaryl/α,β-unsaturated/α-hetero) is 1. The molecule has 7 atom stereocenters. The van der Waals surface area contributed by atoms with Crippen molar-refractivity contribution in [2.24, 2.45) is 23.2 Å². The summed E-state index contributed by atoms with van der Waals surface area (Å²) in [5.41, 5.74) is 0.331. The van der Waals surface area contributed by atoms with Crippen LogP contribution < -0.4 is 5.32 Å². The van der Waals surface area contributed by atoms with Crippen molar-refractivity contribution in [1.82, 2.24) is 15.1 Å². The molecule has 3 amide bonds. The van der Waals surface area contributed by atoms with Crippen molar-refractivity contribution in [3.05, 3.63) is 35.9 Å². The zero-order valence-electron chi connectivity index (χ0n) is 30.3. The van der Waals surface area contributed by atoms with Gasteiger partial charge in [0.05, 0.1) is 42.7 Å². The Morgan fingerprint density at radius 2 is 1.63 bits per heavy atom. The summed E-state index contributed by atoms with van der Waals surface area (Å²) in [6, 6.07) is 8.43. The number of methoxy groups -OCH3 is 2. The summed E-state index contributed by atoms with van der Waals surface area (Å²) >= 11 is 0. The largest absolute Gasteiger partial charge is 0.379 e. The van der Waals surface area contributed by atoms with E-state index in [1.54, 1.807) is 26.0 Å². The van der Waals surface area contributed by atoms with Crippen LogP contribution in [-0.2, 0) is 35.1 Å². The highest BCUT2D eigenvalue weighted by atomic mass is 16.5. The number of rotatable bonds is 17. The van der Waals surface area contributed by atoms with Gasteiger partial charge in [-0.05, 0) is 36.7 Å². The van der Waals surface area contributed by atoms with E-state index in [1.165, 1.54) is 0 Å². The Morgan fingerprint density at radius 3 is 2.15 bits per heavy atom. The average Bonchev–Trinajstić information content (AvgIpc) is 3.49. The third kappa shape index (κ3) is 10.6. The molecule has 7 unspecified atom stereocenters. The van der Waals surface area contributed by atoms with E-state index in [4.69, 9.17) is 9.47 Å². The third-order valence-electron chi connectivity index (χ3n) is 9.54. The van der Waals surface area contributed by atoms with E-state index in [1.807, 2.05) is 76.9 Å². The molecule has 0 aromatic heterocycles. The van der Waals surface area contributed by atoms with Crippen LogP contribution in [0, 0.1) is 23.2 Å². The number of carbonyl (C=O) groups excluding carboxylic acids is 4. The fraction of sp³-hybridized carbons (Fsp3) is 0.730. The standard InChI is InChI=1S/C37H61N3O6/c1-12-25(4)33(39(9)31(41)21-24(2)3)30(45-10)23-32(42)40-20-16-19-29(40)34(46-11)26(5)36(44)38-28(35(43)37(6,7)8)22-27-17-14-13-15-18-27/h13-15,17-18,24-26,28-30,33-34H,12,16,19-23H2,1-11H3,(H,38,44). The maximum atomic E-state index is 13.9. The van der Waals surface area contributed by atoms with Crippen molar-refractivity contribution in [1.29, 1.82) is 0 Å². The Labute approximate surface area is 278 Å². The second-order valence-corrected chi connectivity index (χ2v) is 14.6. The van der Waals surface area contributed by atoms with Gasteiger partial charge < -0.3 is 24.6 Å². The van der Waals surface area contributed by atoms with Gasteiger partial charge in [0.2, 0.25) is 17.7 Å². The van der Waals surface area contributed by atoms with Crippen LogP contribution in [0.5, 0.6) is 0 Å². The lowest BCUT2D eigenvalue weighted by Crippen LogP contribution is -2.54. The van der Waals surface area contributed by atoms with Crippen molar-refractivity contribution in [3.63, 3.8) is 0 Å². The number of nitrogens with one attached hydrogen (secondary N) is 1. The number of hydrogen-bond acceptors (Lipinski definition) is 6. The first kappa shape index (κ1) is 39.4. The molecule has 1 saturated heterocycles. The number of nitrogens with zero attached hydrogens (tertiary/aromatic N) is 2. The molecule has 0 spiro atoms. The van der Waals surface area contributed by atoms with Gasteiger partial charge in [-0.2, -0.15) is 0 Å². The Morgan fingerprint density at radius 1 is 1.00 bits per heavy atom. The number of hydrogen-bond donors (Lipinski definition) is 1. The number of amides is 3. The minimum atomic E-state index is -0.688. The Balaban J connectivity index is 2.24. The van der Waals surface area contributed by atoms with Gasteiger partial charge in [-0.15, -0.1) is 0 Å². The van der Waals surface area contributed by atoms with Gasteiger partial charge in [0, 0.05) is 39.6 Å². The number of benzene rings is 1. The lowest BCUT2D eigenvalue weighted by molar-refractivity contribution is -0.146. The molecule has 1 aromatic carbocycles. The zero-order valence-corrected chi connectivity index (χ0v) is 30.3. The molecule has 0 saturated carbocycles. The molecule has 1 heterocycles. The molecule has 260 valence electrons. The van der Waals surface area contributed by atoms with Gasteiger partial charge in [0.15, 0.2) is 5.78 Å². The highest BCUT2D eigenvalue weighted by molar-refractivity contribution is 5.93. The van der Waals surface area contributed by atoms with E-state index in [9.17, 15) is 19.2 Å². The molecule has 0 bridgehead atoms. The maximum Gasteiger partial charge on any atom is 0.226 e. The predicted octanol–water partition coefficient (Wildman–Crippen LogP) is 5.30. The zero-order chi connectivity index (χ0) is 34.8. The molecule has 46 heavy (non-hydrogen) atoms. The smallest absolute Gasteiger partial charge is 0.226 e. The van der Waals surface area contributed by atoms with Crippen LogP contribution in [0.4, 0.5) is 0 Å².